The van der Waals surface area contributed by atoms with Crippen LogP contribution in [0, 0.1) is 0 Å². The predicted octanol–water partition coefficient (Wildman–Crippen LogP) is 13.7. The second-order valence-corrected chi connectivity index (χ2v) is 15.1. The molecule has 11 aromatic rings. The van der Waals surface area contributed by atoms with E-state index in [4.69, 9.17) is 15.0 Å². The van der Waals surface area contributed by atoms with Crippen molar-refractivity contribution in [1.82, 2.24) is 19.5 Å². The molecule has 56 heavy (non-hydrogen) atoms. The van der Waals surface area contributed by atoms with E-state index in [2.05, 4.69) is 174 Å². The van der Waals surface area contributed by atoms with E-state index in [-0.39, 0.29) is 0 Å². The minimum atomic E-state index is 0.645. The summed E-state index contributed by atoms with van der Waals surface area (Å²) in [6.45, 7) is 0. The standard InChI is InChI=1S/C51H32N4S/c1-4-15-33(16-5-1)36-21-12-22-37(31-36)50-52-49(35-19-8-3-9-20-35)53-51(54-50)42-25-14-28-45-48(42)41-30-29-38(32-46(41)56-45)55-43-26-11-10-23-40(43)47-39(24-13-27-44(47)55)34-17-6-2-7-18-34/h1-32H. The quantitative estimate of drug-likeness (QED) is 0.171. The zero-order chi connectivity index (χ0) is 37.0. The van der Waals surface area contributed by atoms with E-state index in [1.165, 1.54) is 47.7 Å². The smallest absolute Gasteiger partial charge is 0.164 e. The topological polar surface area (TPSA) is 43.6 Å². The summed E-state index contributed by atoms with van der Waals surface area (Å²) in [5.74, 6) is 1.95. The molecule has 11 rings (SSSR count). The number of thiophene rings is 1. The highest BCUT2D eigenvalue weighted by molar-refractivity contribution is 7.26. The van der Waals surface area contributed by atoms with Crippen molar-refractivity contribution in [3.05, 3.63) is 194 Å². The summed E-state index contributed by atoms with van der Waals surface area (Å²) in [7, 11) is 0. The largest absolute Gasteiger partial charge is 0.309 e. The molecule has 0 aliphatic carbocycles. The minimum Gasteiger partial charge on any atom is -0.309 e. The van der Waals surface area contributed by atoms with Gasteiger partial charge in [0.2, 0.25) is 0 Å². The fourth-order valence-corrected chi connectivity index (χ4v) is 9.27. The van der Waals surface area contributed by atoms with E-state index in [0.29, 0.717) is 17.5 Å². The van der Waals surface area contributed by atoms with Gasteiger partial charge in [-0.25, -0.2) is 15.0 Å². The molecule has 0 N–H and O–H groups in total. The molecule has 0 radical (unpaired) electrons. The van der Waals surface area contributed by atoms with Crippen LogP contribution in [0.15, 0.2) is 194 Å². The minimum absolute atomic E-state index is 0.645. The lowest BCUT2D eigenvalue weighted by molar-refractivity contribution is 1.08. The molecule has 0 aliphatic heterocycles. The molecule has 262 valence electrons. The molecule has 0 spiro atoms. The number of hydrogen-bond acceptors (Lipinski definition) is 4. The van der Waals surface area contributed by atoms with Crippen molar-refractivity contribution in [3.8, 4) is 62.1 Å². The Labute approximate surface area is 327 Å². The molecule has 0 atom stereocenters. The molecule has 0 fully saturated rings. The summed E-state index contributed by atoms with van der Waals surface area (Å²) in [6.07, 6.45) is 0. The lowest BCUT2D eigenvalue weighted by atomic mass is 9.99. The first kappa shape index (κ1) is 32.2. The van der Waals surface area contributed by atoms with Crippen LogP contribution in [0.2, 0.25) is 0 Å². The Morgan fingerprint density at radius 1 is 0.339 bits per heavy atom. The second kappa shape index (κ2) is 13.3. The van der Waals surface area contributed by atoms with E-state index in [0.717, 1.165) is 38.9 Å². The van der Waals surface area contributed by atoms with Gasteiger partial charge in [0.05, 0.1) is 11.0 Å². The average Bonchev–Trinajstić information content (AvgIpc) is 3.83. The van der Waals surface area contributed by atoms with E-state index in [1.807, 2.05) is 35.6 Å². The summed E-state index contributed by atoms with van der Waals surface area (Å²) in [6, 6.07) is 68.5. The highest BCUT2D eigenvalue weighted by Gasteiger charge is 2.20. The second-order valence-electron chi connectivity index (χ2n) is 14.0. The van der Waals surface area contributed by atoms with Crippen LogP contribution in [0.3, 0.4) is 0 Å². The van der Waals surface area contributed by atoms with Gasteiger partial charge in [0.1, 0.15) is 0 Å². The number of aromatic nitrogens is 4. The normalized spacial score (nSPS) is 11.6. The van der Waals surface area contributed by atoms with Crippen molar-refractivity contribution in [3.63, 3.8) is 0 Å². The zero-order valence-corrected chi connectivity index (χ0v) is 31.0. The number of nitrogens with zero attached hydrogens (tertiary/aromatic N) is 4. The van der Waals surface area contributed by atoms with Gasteiger partial charge < -0.3 is 4.57 Å². The Morgan fingerprint density at radius 3 is 1.73 bits per heavy atom. The van der Waals surface area contributed by atoms with Crippen LogP contribution in [-0.4, -0.2) is 19.5 Å². The SMILES string of the molecule is c1ccc(-c2cccc(-c3nc(-c4ccccc4)nc(-c4cccc5sc6cc(-n7c8ccccc8c8c(-c9ccccc9)cccc87)ccc6c45)n3)c2)cc1. The Bertz CT molecular complexity index is 3240. The van der Waals surface area contributed by atoms with Gasteiger partial charge in [0.25, 0.3) is 0 Å². The van der Waals surface area contributed by atoms with Crippen LogP contribution in [0.25, 0.3) is 104 Å². The highest BCUT2D eigenvalue weighted by atomic mass is 32.1. The Balaban J connectivity index is 1.09. The molecule has 3 aromatic heterocycles. The maximum Gasteiger partial charge on any atom is 0.164 e. The summed E-state index contributed by atoms with van der Waals surface area (Å²) in [5.41, 5.74) is 11.1. The van der Waals surface area contributed by atoms with Crippen LogP contribution in [0.5, 0.6) is 0 Å². The van der Waals surface area contributed by atoms with Crippen molar-refractivity contribution < 1.29 is 0 Å². The predicted molar refractivity (Wildman–Crippen MR) is 234 cm³/mol. The molecule has 0 amide bonds. The molecule has 0 bridgehead atoms. The van der Waals surface area contributed by atoms with E-state index >= 15 is 0 Å². The Morgan fingerprint density at radius 2 is 0.929 bits per heavy atom. The molecular weight excluding hydrogens is 701 g/mol. The van der Waals surface area contributed by atoms with Crippen molar-refractivity contribution in [2.24, 2.45) is 0 Å². The number of para-hydroxylation sites is 1. The van der Waals surface area contributed by atoms with Crippen LogP contribution in [0.4, 0.5) is 0 Å². The van der Waals surface area contributed by atoms with Crippen molar-refractivity contribution >= 4 is 53.3 Å². The van der Waals surface area contributed by atoms with Gasteiger partial charge in [0, 0.05) is 53.3 Å². The zero-order valence-electron chi connectivity index (χ0n) is 30.2. The van der Waals surface area contributed by atoms with Gasteiger partial charge in [-0.05, 0) is 58.7 Å². The summed E-state index contributed by atoms with van der Waals surface area (Å²) in [5, 5.41) is 4.85. The first-order chi connectivity index (χ1) is 27.8. The third-order valence-corrected chi connectivity index (χ3v) is 11.8. The molecule has 0 saturated carbocycles. The van der Waals surface area contributed by atoms with Gasteiger partial charge in [-0.2, -0.15) is 0 Å². The number of rotatable bonds is 6. The fourth-order valence-electron chi connectivity index (χ4n) is 8.11. The van der Waals surface area contributed by atoms with Crippen molar-refractivity contribution in [2.45, 2.75) is 0 Å². The van der Waals surface area contributed by atoms with Crippen molar-refractivity contribution in [2.75, 3.05) is 0 Å². The monoisotopic (exact) mass is 732 g/mol. The van der Waals surface area contributed by atoms with Gasteiger partial charge >= 0.3 is 0 Å². The molecule has 5 heteroatoms. The number of hydrogen-bond donors (Lipinski definition) is 0. The first-order valence-corrected chi connectivity index (χ1v) is 19.6. The van der Waals surface area contributed by atoms with E-state index < -0.39 is 0 Å². The third-order valence-electron chi connectivity index (χ3n) is 10.7. The van der Waals surface area contributed by atoms with E-state index in [1.54, 1.807) is 0 Å². The van der Waals surface area contributed by atoms with E-state index in [9.17, 15) is 0 Å². The van der Waals surface area contributed by atoms with Crippen LogP contribution < -0.4 is 0 Å². The molecule has 0 saturated heterocycles. The summed E-state index contributed by atoms with van der Waals surface area (Å²) >= 11 is 1.81. The molecule has 0 aliphatic rings. The number of fused-ring (bicyclic) bond motifs is 6. The van der Waals surface area contributed by atoms with Crippen LogP contribution in [0.1, 0.15) is 0 Å². The lowest BCUT2D eigenvalue weighted by Crippen LogP contribution is -2.00. The van der Waals surface area contributed by atoms with Gasteiger partial charge in [0.15, 0.2) is 17.5 Å². The molecule has 4 nitrogen and oxygen atoms in total. The Hall–Kier alpha value is -7.21. The van der Waals surface area contributed by atoms with Gasteiger partial charge in [-0.3, -0.25) is 0 Å². The fraction of sp³-hybridized carbons (Fsp3) is 0. The summed E-state index contributed by atoms with van der Waals surface area (Å²) < 4.78 is 4.82. The van der Waals surface area contributed by atoms with Gasteiger partial charge in [-0.1, -0.05) is 158 Å². The first-order valence-electron chi connectivity index (χ1n) is 18.8. The van der Waals surface area contributed by atoms with Gasteiger partial charge in [-0.15, -0.1) is 11.3 Å². The molecule has 3 heterocycles. The highest BCUT2D eigenvalue weighted by Crippen LogP contribution is 2.43. The third kappa shape index (κ3) is 5.40. The average molecular weight is 733 g/mol. The molecular formula is C51H32N4S. The summed E-state index contributed by atoms with van der Waals surface area (Å²) in [4.78, 5) is 15.4. The maximum absolute atomic E-state index is 5.21. The maximum atomic E-state index is 5.21. The Kier molecular flexibility index (Phi) is 7.64. The molecule has 0 unspecified atom stereocenters. The van der Waals surface area contributed by atoms with Crippen LogP contribution >= 0.6 is 11.3 Å². The number of benzene rings is 8. The van der Waals surface area contributed by atoms with Crippen LogP contribution in [-0.2, 0) is 0 Å². The molecule has 8 aromatic carbocycles. The lowest BCUT2D eigenvalue weighted by Gasteiger charge is -2.11. The van der Waals surface area contributed by atoms with Crippen molar-refractivity contribution in [1.29, 1.82) is 0 Å².